The number of hydrogen-bond donors (Lipinski definition) is 2. The number of urea groups is 1. The van der Waals surface area contributed by atoms with Gasteiger partial charge in [0, 0.05) is 30.7 Å². The van der Waals surface area contributed by atoms with E-state index in [9.17, 15) is 13.2 Å². The Morgan fingerprint density at radius 3 is 2.79 bits per heavy atom. The maximum absolute atomic E-state index is 12.9. The molecule has 1 aromatic heterocycles. The van der Waals surface area contributed by atoms with Gasteiger partial charge in [0.2, 0.25) is 10.0 Å². The Kier molecular flexibility index (Phi) is 4.55. The zero-order chi connectivity index (χ0) is 20.0. The largest absolute Gasteiger partial charge is 0.322 e. The summed E-state index contributed by atoms with van der Waals surface area (Å²) in [6.07, 6.45) is 7.81. The first-order valence-electron chi connectivity index (χ1n) is 10.1. The lowest BCUT2D eigenvalue weighted by Crippen LogP contribution is -2.52. The number of sulfonamides is 1. The van der Waals surface area contributed by atoms with Crippen molar-refractivity contribution in [1.82, 2.24) is 14.6 Å². The third-order valence-corrected chi connectivity index (χ3v) is 7.82. The molecule has 1 saturated carbocycles. The Balaban J connectivity index is 1.28. The predicted molar refractivity (Wildman–Crippen MR) is 109 cm³/mol. The number of nitrogens with one attached hydrogen (secondary N) is 2. The molecule has 0 spiro atoms. The minimum Gasteiger partial charge on any atom is -0.320 e. The summed E-state index contributed by atoms with van der Waals surface area (Å²) in [4.78, 5) is 18.7. The fourth-order valence-electron chi connectivity index (χ4n) is 5.00. The first kappa shape index (κ1) is 18.6. The highest BCUT2D eigenvalue weighted by Gasteiger charge is 2.48. The molecule has 152 valence electrons. The number of likely N-dealkylation sites (tertiary alicyclic amines) is 1. The Bertz CT molecular complexity index is 1040. The number of benzene rings is 1. The molecule has 2 N–H and O–H groups in total. The lowest BCUT2D eigenvalue weighted by molar-refractivity contribution is 0.183. The lowest BCUT2D eigenvalue weighted by atomic mass is 10.1. The zero-order valence-corrected chi connectivity index (χ0v) is 16.9. The van der Waals surface area contributed by atoms with Crippen LogP contribution in [0.4, 0.5) is 10.5 Å². The molecule has 1 aliphatic heterocycles. The van der Waals surface area contributed by atoms with Crippen LogP contribution in [0.15, 0.2) is 47.6 Å². The van der Waals surface area contributed by atoms with Crippen molar-refractivity contribution in [3.8, 4) is 0 Å². The van der Waals surface area contributed by atoms with Crippen molar-refractivity contribution in [3.63, 3.8) is 0 Å². The van der Waals surface area contributed by atoms with Crippen molar-refractivity contribution in [2.75, 3.05) is 11.9 Å². The van der Waals surface area contributed by atoms with Gasteiger partial charge < -0.3 is 10.2 Å². The number of nitrogens with zero attached hydrogens (tertiary/aromatic N) is 2. The molecule has 0 radical (unpaired) electrons. The maximum Gasteiger partial charge on any atom is 0.322 e. The summed E-state index contributed by atoms with van der Waals surface area (Å²) in [6.45, 7) is 0.673. The van der Waals surface area contributed by atoms with Crippen molar-refractivity contribution in [1.29, 1.82) is 0 Å². The molecule has 1 aromatic carbocycles. The second-order valence-electron chi connectivity index (χ2n) is 8.24. The maximum atomic E-state index is 12.9. The summed E-state index contributed by atoms with van der Waals surface area (Å²) >= 11 is 0. The van der Waals surface area contributed by atoms with Crippen molar-refractivity contribution in [3.05, 3.63) is 53.9 Å². The molecular formula is C21H24N4O3S. The van der Waals surface area contributed by atoms with Crippen LogP contribution in [0, 0.1) is 5.92 Å². The summed E-state index contributed by atoms with van der Waals surface area (Å²) in [6, 6.07) is 8.70. The van der Waals surface area contributed by atoms with Crippen molar-refractivity contribution in [2.24, 2.45) is 5.92 Å². The number of pyridine rings is 1. The predicted octanol–water partition coefficient (Wildman–Crippen LogP) is 2.54. The van der Waals surface area contributed by atoms with E-state index < -0.39 is 10.0 Å². The van der Waals surface area contributed by atoms with Gasteiger partial charge in [-0.3, -0.25) is 4.98 Å². The van der Waals surface area contributed by atoms with Crippen LogP contribution in [0.5, 0.6) is 0 Å². The molecule has 3 atom stereocenters. The highest BCUT2D eigenvalue weighted by Crippen LogP contribution is 2.38. The molecule has 2 bridgehead atoms. The second kappa shape index (κ2) is 7.11. The van der Waals surface area contributed by atoms with Crippen LogP contribution >= 0.6 is 0 Å². The number of aromatic nitrogens is 1. The van der Waals surface area contributed by atoms with Gasteiger partial charge in [0.25, 0.3) is 0 Å². The fraction of sp³-hybridized carbons (Fsp3) is 0.429. The van der Waals surface area contributed by atoms with E-state index in [0.29, 0.717) is 12.5 Å². The Hall–Kier alpha value is -2.45. The summed E-state index contributed by atoms with van der Waals surface area (Å²) in [5.41, 5.74) is 3.49. The highest BCUT2D eigenvalue weighted by molar-refractivity contribution is 7.89. The van der Waals surface area contributed by atoms with Crippen LogP contribution < -0.4 is 10.0 Å². The van der Waals surface area contributed by atoms with Gasteiger partial charge in [0.1, 0.15) is 4.90 Å². The lowest BCUT2D eigenvalue weighted by Gasteiger charge is -2.33. The second-order valence-corrected chi connectivity index (χ2v) is 9.95. The van der Waals surface area contributed by atoms with Gasteiger partial charge in [-0.15, -0.1) is 0 Å². The van der Waals surface area contributed by atoms with E-state index in [0.717, 1.165) is 31.4 Å². The van der Waals surface area contributed by atoms with Gasteiger partial charge in [-0.05, 0) is 73.4 Å². The number of carbonyl (C=O) groups is 1. The van der Waals surface area contributed by atoms with E-state index >= 15 is 0 Å². The van der Waals surface area contributed by atoms with Gasteiger partial charge in [-0.1, -0.05) is 6.07 Å². The number of rotatable bonds is 4. The van der Waals surface area contributed by atoms with E-state index in [-0.39, 0.29) is 23.0 Å². The van der Waals surface area contributed by atoms with E-state index in [1.807, 2.05) is 6.07 Å². The minimum atomic E-state index is -3.65. The number of amides is 2. The molecule has 7 nitrogen and oxygen atoms in total. The molecule has 2 amide bonds. The first-order valence-corrected chi connectivity index (χ1v) is 11.6. The van der Waals surface area contributed by atoms with Gasteiger partial charge >= 0.3 is 6.03 Å². The smallest absolute Gasteiger partial charge is 0.320 e. The van der Waals surface area contributed by atoms with Gasteiger partial charge in [0.15, 0.2) is 0 Å². The third kappa shape index (κ3) is 3.51. The molecule has 8 heteroatoms. The summed E-state index contributed by atoms with van der Waals surface area (Å²) in [7, 11) is -3.65. The summed E-state index contributed by atoms with van der Waals surface area (Å²) in [5, 5.41) is 3.01. The molecule has 5 rings (SSSR count). The number of anilines is 1. The molecule has 29 heavy (non-hydrogen) atoms. The molecule has 0 unspecified atom stereocenters. The zero-order valence-electron chi connectivity index (χ0n) is 16.0. The van der Waals surface area contributed by atoms with E-state index in [2.05, 4.69) is 27.2 Å². The SMILES string of the molecule is O=C(Nc1ccc2c(c1)CCC2)N1C[C@@H]2C[C@H](NS(=O)(=O)c3cccnc3)[C@H]1C2. The quantitative estimate of drug-likeness (QED) is 0.807. The third-order valence-electron chi connectivity index (χ3n) is 6.34. The minimum absolute atomic E-state index is 0.124. The molecular weight excluding hydrogens is 388 g/mol. The average molecular weight is 413 g/mol. The van der Waals surface area contributed by atoms with Crippen LogP contribution in [-0.2, 0) is 22.9 Å². The van der Waals surface area contributed by atoms with Crippen molar-refractivity contribution < 1.29 is 13.2 Å². The fourth-order valence-corrected chi connectivity index (χ4v) is 6.25. The average Bonchev–Trinajstić information content (AvgIpc) is 3.43. The van der Waals surface area contributed by atoms with E-state index in [1.165, 1.54) is 29.8 Å². The first-order chi connectivity index (χ1) is 14.0. The van der Waals surface area contributed by atoms with Crippen LogP contribution in [0.1, 0.15) is 30.4 Å². The number of piperidine rings is 1. The van der Waals surface area contributed by atoms with E-state index in [4.69, 9.17) is 0 Å². The topological polar surface area (TPSA) is 91.4 Å². The standard InChI is InChI=1S/C21H24N4O3S/c26-21(23-17-7-6-15-3-1-4-16(15)11-17)25-13-14-9-19(20(25)10-14)24-29(27,28)18-5-2-8-22-12-18/h2,5-8,11-12,14,19-20,24H,1,3-4,9-10,13H2,(H,23,26)/t14-,19+,20-/m1/s1. The number of carbonyl (C=O) groups excluding carboxylic acids is 1. The van der Waals surface area contributed by atoms with Crippen molar-refractivity contribution in [2.45, 2.75) is 49.1 Å². The summed E-state index contributed by atoms with van der Waals surface area (Å²) in [5.74, 6) is 0.326. The molecule has 2 heterocycles. The van der Waals surface area contributed by atoms with Gasteiger partial charge in [-0.2, -0.15) is 0 Å². The molecule has 2 fully saturated rings. The monoisotopic (exact) mass is 412 g/mol. The number of aryl methyl sites for hydroxylation is 2. The molecule has 2 aromatic rings. The van der Waals surface area contributed by atoms with Crippen LogP contribution in [0.3, 0.4) is 0 Å². The Morgan fingerprint density at radius 1 is 1.14 bits per heavy atom. The van der Waals surface area contributed by atoms with Crippen LogP contribution in [0.25, 0.3) is 0 Å². The summed E-state index contributed by atoms with van der Waals surface area (Å²) < 4.78 is 28.1. The number of fused-ring (bicyclic) bond motifs is 3. The van der Waals surface area contributed by atoms with E-state index in [1.54, 1.807) is 17.2 Å². The number of hydrogen-bond acceptors (Lipinski definition) is 4. The highest BCUT2D eigenvalue weighted by atomic mass is 32.2. The Labute approximate surface area is 170 Å². The van der Waals surface area contributed by atoms with Crippen LogP contribution in [-0.4, -0.2) is 43.0 Å². The molecule has 3 aliphatic rings. The van der Waals surface area contributed by atoms with Crippen LogP contribution in [0.2, 0.25) is 0 Å². The van der Waals surface area contributed by atoms with Gasteiger partial charge in [-0.25, -0.2) is 17.9 Å². The van der Waals surface area contributed by atoms with Gasteiger partial charge in [0.05, 0.1) is 6.04 Å². The Morgan fingerprint density at radius 2 is 2.00 bits per heavy atom. The van der Waals surface area contributed by atoms with Crippen molar-refractivity contribution >= 4 is 21.7 Å². The normalized spacial score (nSPS) is 25.2. The molecule has 1 saturated heterocycles. The molecule has 2 aliphatic carbocycles.